The summed E-state index contributed by atoms with van der Waals surface area (Å²) in [5.74, 6) is 1.19. The van der Waals surface area contributed by atoms with Gasteiger partial charge in [-0.1, -0.05) is 46.4 Å². The molecule has 0 aromatic heterocycles. The van der Waals surface area contributed by atoms with Crippen molar-refractivity contribution in [1.82, 2.24) is 5.32 Å². The normalized spacial score (nSPS) is 25.9. The Balaban J connectivity index is 2.92. The van der Waals surface area contributed by atoms with Gasteiger partial charge in [0.15, 0.2) is 0 Å². The zero-order chi connectivity index (χ0) is 12.5. The molecule has 1 heteroatoms. The highest BCUT2D eigenvalue weighted by atomic mass is 14.9. The molecule has 0 bridgehead atoms. The zero-order valence-electron chi connectivity index (χ0n) is 11.5. The topological polar surface area (TPSA) is 12.0 Å². The first-order valence-corrected chi connectivity index (χ1v) is 6.05. The summed E-state index contributed by atoms with van der Waals surface area (Å²) in [5, 5.41) is 3.33. The van der Waals surface area contributed by atoms with E-state index in [0.717, 1.165) is 5.70 Å². The molecule has 0 heterocycles. The van der Waals surface area contributed by atoms with Gasteiger partial charge in [-0.15, -0.1) is 0 Å². The van der Waals surface area contributed by atoms with E-state index in [4.69, 9.17) is 0 Å². The Morgan fingerprint density at radius 3 is 2.31 bits per heavy atom. The van der Waals surface area contributed by atoms with Crippen molar-refractivity contribution < 1.29 is 0 Å². The molecule has 0 aromatic rings. The van der Waals surface area contributed by atoms with Gasteiger partial charge in [-0.2, -0.15) is 0 Å². The van der Waals surface area contributed by atoms with Crippen LogP contribution in [0.4, 0.5) is 0 Å². The lowest BCUT2D eigenvalue weighted by Crippen LogP contribution is -2.28. The third-order valence-electron chi connectivity index (χ3n) is 3.20. The van der Waals surface area contributed by atoms with Gasteiger partial charge in [0.1, 0.15) is 0 Å². The molecule has 1 aliphatic carbocycles. The molecule has 1 N–H and O–H groups in total. The van der Waals surface area contributed by atoms with Gasteiger partial charge in [0.05, 0.1) is 0 Å². The first-order chi connectivity index (χ1) is 7.21. The highest BCUT2D eigenvalue weighted by Crippen LogP contribution is 2.38. The monoisotopic (exact) mass is 219 g/mol. The number of rotatable bonds is 2. The molecule has 2 atom stereocenters. The molecule has 16 heavy (non-hydrogen) atoms. The zero-order valence-corrected chi connectivity index (χ0v) is 11.5. The minimum Gasteiger partial charge on any atom is -0.360 e. The van der Waals surface area contributed by atoms with Crippen molar-refractivity contribution in [2.24, 2.45) is 17.3 Å². The maximum atomic E-state index is 3.90. The summed E-state index contributed by atoms with van der Waals surface area (Å²) in [6.07, 6.45) is 4.73. The second kappa shape index (κ2) is 4.48. The molecule has 0 radical (unpaired) electrons. The lowest BCUT2D eigenvalue weighted by Gasteiger charge is -2.36. The van der Waals surface area contributed by atoms with Gasteiger partial charge in [-0.05, 0) is 36.7 Å². The first-order valence-electron chi connectivity index (χ1n) is 6.05. The van der Waals surface area contributed by atoms with E-state index in [0.29, 0.717) is 17.3 Å². The van der Waals surface area contributed by atoms with Crippen LogP contribution in [-0.4, -0.2) is 0 Å². The Labute approximate surface area is 100 Å². The average Bonchev–Trinajstić information content (AvgIpc) is 2.07. The van der Waals surface area contributed by atoms with Crippen LogP contribution in [-0.2, 0) is 0 Å². The van der Waals surface area contributed by atoms with Gasteiger partial charge < -0.3 is 5.32 Å². The fraction of sp³-hybridized carbons (Fsp3) is 0.600. The maximum Gasteiger partial charge on any atom is 0.0370 e. The quantitative estimate of drug-likeness (QED) is 0.732. The summed E-state index contributed by atoms with van der Waals surface area (Å²) in [6, 6.07) is 0. The van der Waals surface area contributed by atoms with Crippen molar-refractivity contribution in [2.75, 3.05) is 0 Å². The predicted octanol–water partition coefficient (Wildman–Crippen LogP) is 4.25. The highest BCUT2D eigenvalue weighted by Gasteiger charge is 2.29. The van der Waals surface area contributed by atoms with Crippen LogP contribution in [0.5, 0.6) is 0 Å². The Bertz CT molecular complexity index is 339. The Morgan fingerprint density at radius 1 is 1.31 bits per heavy atom. The van der Waals surface area contributed by atoms with Crippen LogP contribution in [0, 0.1) is 17.3 Å². The fourth-order valence-electron chi connectivity index (χ4n) is 2.42. The lowest BCUT2D eigenvalue weighted by molar-refractivity contribution is 0.241. The van der Waals surface area contributed by atoms with E-state index in [-0.39, 0.29) is 0 Å². The smallest absolute Gasteiger partial charge is 0.0370 e. The second-order valence-electron chi connectivity index (χ2n) is 6.09. The summed E-state index contributed by atoms with van der Waals surface area (Å²) in [7, 11) is 0. The van der Waals surface area contributed by atoms with Crippen molar-refractivity contribution in [3.63, 3.8) is 0 Å². The minimum absolute atomic E-state index is 0.325. The number of allylic oxidation sites excluding steroid dienone is 4. The third-order valence-corrected chi connectivity index (χ3v) is 3.20. The van der Waals surface area contributed by atoms with Crippen molar-refractivity contribution in [2.45, 2.75) is 41.5 Å². The van der Waals surface area contributed by atoms with Crippen LogP contribution in [0.25, 0.3) is 0 Å². The molecule has 0 saturated heterocycles. The molecule has 0 aromatic carbocycles. The molecule has 1 nitrogen and oxygen atoms in total. The van der Waals surface area contributed by atoms with E-state index in [2.05, 4.69) is 58.7 Å². The van der Waals surface area contributed by atoms with E-state index in [9.17, 15) is 0 Å². The van der Waals surface area contributed by atoms with Crippen LogP contribution >= 0.6 is 0 Å². The van der Waals surface area contributed by atoms with Crippen molar-refractivity contribution >= 4 is 0 Å². The molecule has 0 amide bonds. The molecule has 0 spiro atoms. The molecule has 2 unspecified atom stereocenters. The van der Waals surface area contributed by atoms with E-state index < -0.39 is 0 Å². The van der Waals surface area contributed by atoms with Gasteiger partial charge in [-0.3, -0.25) is 0 Å². The number of hydrogen-bond acceptors (Lipinski definition) is 1. The summed E-state index contributed by atoms with van der Waals surface area (Å²) in [6.45, 7) is 17.3. The van der Waals surface area contributed by atoms with Crippen LogP contribution < -0.4 is 5.32 Å². The van der Waals surface area contributed by atoms with Crippen LogP contribution in [0.15, 0.2) is 35.7 Å². The molecular weight excluding hydrogens is 194 g/mol. The van der Waals surface area contributed by atoms with Crippen molar-refractivity contribution in [3.8, 4) is 0 Å². The molecule has 1 aliphatic rings. The van der Waals surface area contributed by atoms with Gasteiger partial charge in [0, 0.05) is 11.4 Å². The van der Waals surface area contributed by atoms with Crippen molar-refractivity contribution in [3.05, 3.63) is 35.7 Å². The fourth-order valence-corrected chi connectivity index (χ4v) is 2.42. The number of nitrogens with one attached hydrogen (secondary N) is 1. The Morgan fingerprint density at radius 2 is 1.88 bits per heavy atom. The van der Waals surface area contributed by atoms with Crippen LogP contribution in [0.2, 0.25) is 0 Å². The second-order valence-corrected chi connectivity index (χ2v) is 6.09. The summed E-state index contributed by atoms with van der Waals surface area (Å²) >= 11 is 0. The molecule has 0 fully saturated rings. The van der Waals surface area contributed by atoms with Crippen molar-refractivity contribution in [1.29, 1.82) is 0 Å². The molecular formula is C15H25N. The highest BCUT2D eigenvalue weighted by molar-refractivity contribution is 5.35. The first kappa shape index (κ1) is 13.1. The maximum absolute atomic E-state index is 3.90. The van der Waals surface area contributed by atoms with Gasteiger partial charge in [0.25, 0.3) is 0 Å². The molecule has 90 valence electrons. The van der Waals surface area contributed by atoms with Gasteiger partial charge >= 0.3 is 0 Å². The van der Waals surface area contributed by atoms with E-state index in [1.807, 2.05) is 6.92 Å². The molecule has 0 aliphatic heterocycles. The average molecular weight is 219 g/mol. The van der Waals surface area contributed by atoms with Gasteiger partial charge in [-0.25, -0.2) is 0 Å². The summed E-state index contributed by atoms with van der Waals surface area (Å²) in [4.78, 5) is 0. The molecule has 1 rings (SSSR count). The van der Waals surface area contributed by atoms with Crippen LogP contribution in [0.1, 0.15) is 41.5 Å². The largest absolute Gasteiger partial charge is 0.360 e. The van der Waals surface area contributed by atoms with E-state index >= 15 is 0 Å². The SMILES string of the molecule is C=C(C)NC1=CC(C)C(C(C)(C)C)C=C1C. The standard InChI is InChI=1S/C15H25N/c1-10(2)16-14-9-11(3)13(8-12(14)4)15(5,6)7/h8-9,11,13,16H,1H2,2-7H3. The van der Waals surface area contributed by atoms with E-state index in [1.54, 1.807) is 0 Å². The van der Waals surface area contributed by atoms with Crippen LogP contribution in [0.3, 0.4) is 0 Å². The summed E-state index contributed by atoms with van der Waals surface area (Å²) in [5.41, 5.74) is 3.88. The molecule has 0 saturated carbocycles. The summed E-state index contributed by atoms with van der Waals surface area (Å²) < 4.78 is 0. The van der Waals surface area contributed by atoms with Gasteiger partial charge in [0.2, 0.25) is 0 Å². The predicted molar refractivity (Wildman–Crippen MR) is 71.9 cm³/mol. The Hall–Kier alpha value is -0.980. The number of hydrogen-bond donors (Lipinski definition) is 1. The van der Waals surface area contributed by atoms with E-state index in [1.165, 1.54) is 11.3 Å². The Kier molecular flexibility index (Phi) is 3.67. The lowest BCUT2D eigenvalue weighted by atomic mass is 9.70. The minimum atomic E-state index is 0.325. The third kappa shape index (κ3) is 3.01.